The van der Waals surface area contributed by atoms with Gasteiger partial charge in [-0.15, -0.1) is 0 Å². The van der Waals surface area contributed by atoms with E-state index in [1.165, 1.54) is 0 Å². The zero-order chi connectivity index (χ0) is 18.4. The molecule has 0 fully saturated rings. The smallest absolute Gasteiger partial charge is 0.261 e. The van der Waals surface area contributed by atoms with Gasteiger partial charge in [-0.1, -0.05) is 11.6 Å². The number of rotatable bonds is 7. The molecule has 0 spiro atoms. The molecule has 6 heteroatoms. The Balaban J connectivity index is 2.02. The summed E-state index contributed by atoms with van der Waals surface area (Å²) in [5, 5.41) is 3.54. The van der Waals surface area contributed by atoms with Crippen molar-refractivity contribution in [1.29, 1.82) is 0 Å². The van der Waals surface area contributed by atoms with Gasteiger partial charge >= 0.3 is 0 Å². The van der Waals surface area contributed by atoms with Gasteiger partial charge in [0.05, 0.1) is 20.3 Å². The summed E-state index contributed by atoms with van der Waals surface area (Å²) >= 11 is 5.84. The van der Waals surface area contributed by atoms with E-state index >= 15 is 0 Å². The van der Waals surface area contributed by atoms with Gasteiger partial charge in [-0.2, -0.15) is 0 Å². The fraction of sp³-hybridized carbons (Fsp3) is 0.316. The van der Waals surface area contributed by atoms with Gasteiger partial charge in [0.25, 0.3) is 5.91 Å². The molecule has 1 amide bonds. The molecule has 2 aromatic carbocycles. The number of hydrogen-bond acceptors (Lipinski definition) is 4. The van der Waals surface area contributed by atoms with E-state index in [1.54, 1.807) is 51.5 Å². The lowest BCUT2D eigenvalue weighted by atomic mass is 10.1. The summed E-state index contributed by atoms with van der Waals surface area (Å²) in [4.78, 5) is 12.4. The number of nitrogens with one attached hydrogen (secondary N) is 1. The van der Waals surface area contributed by atoms with Gasteiger partial charge < -0.3 is 19.5 Å². The highest BCUT2D eigenvalue weighted by Gasteiger charge is 2.20. The monoisotopic (exact) mass is 363 g/mol. The highest BCUT2D eigenvalue weighted by Crippen LogP contribution is 2.29. The number of ether oxygens (including phenoxy) is 3. The number of halogens is 1. The first-order valence-corrected chi connectivity index (χ1v) is 8.27. The first kappa shape index (κ1) is 18.9. The van der Waals surface area contributed by atoms with Crippen molar-refractivity contribution < 1.29 is 19.0 Å². The quantitative estimate of drug-likeness (QED) is 0.807. The predicted octanol–water partition coefficient (Wildman–Crippen LogP) is 4.00. The van der Waals surface area contributed by atoms with Gasteiger partial charge in [0.1, 0.15) is 17.2 Å². The predicted molar refractivity (Wildman–Crippen MR) is 97.6 cm³/mol. The molecule has 2 unspecified atom stereocenters. The molecule has 0 radical (unpaired) electrons. The molecule has 0 aliphatic rings. The zero-order valence-corrected chi connectivity index (χ0v) is 15.5. The average Bonchev–Trinajstić information content (AvgIpc) is 2.62. The topological polar surface area (TPSA) is 56.8 Å². The summed E-state index contributed by atoms with van der Waals surface area (Å²) in [5.74, 6) is 1.71. The minimum absolute atomic E-state index is 0.222. The molecular weight excluding hydrogens is 342 g/mol. The lowest BCUT2D eigenvalue weighted by molar-refractivity contribution is -0.127. The lowest BCUT2D eigenvalue weighted by Gasteiger charge is -2.21. The van der Waals surface area contributed by atoms with E-state index in [0.717, 1.165) is 5.56 Å². The maximum Gasteiger partial charge on any atom is 0.261 e. The molecule has 1 N–H and O–H groups in total. The van der Waals surface area contributed by atoms with Crippen molar-refractivity contribution in [3.05, 3.63) is 53.1 Å². The third-order valence-corrected chi connectivity index (χ3v) is 4.01. The van der Waals surface area contributed by atoms with Gasteiger partial charge in [-0.25, -0.2) is 0 Å². The maximum atomic E-state index is 12.4. The van der Waals surface area contributed by atoms with Crippen LogP contribution in [-0.2, 0) is 4.79 Å². The molecule has 0 aliphatic heterocycles. The van der Waals surface area contributed by atoms with Gasteiger partial charge in [-0.3, -0.25) is 4.79 Å². The number of hydrogen-bond donors (Lipinski definition) is 1. The van der Waals surface area contributed by atoms with E-state index in [1.807, 2.05) is 19.1 Å². The van der Waals surface area contributed by atoms with Crippen LogP contribution in [0, 0.1) is 0 Å². The van der Waals surface area contributed by atoms with Crippen LogP contribution in [0.2, 0.25) is 5.02 Å². The largest absolute Gasteiger partial charge is 0.497 e. The molecule has 2 rings (SSSR count). The van der Waals surface area contributed by atoms with Crippen LogP contribution in [0.1, 0.15) is 25.5 Å². The van der Waals surface area contributed by atoms with Crippen LogP contribution in [0.15, 0.2) is 42.5 Å². The Morgan fingerprint density at radius 1 is 1.00 bits per heavy atom. The fourth-order valence-electron chi connectivity index (χ4n) is 2.36. The molecule has 25 heavy (non-hydrogen) atoms. The second-order valence-electron chi connectivity index (χ2n) is 5.55. The molecule has 2 atom stereocenters. The second kappa shape index (κ2) is 8.62. The molecule has 0 bridgehead atoms. The van der Waals surface area contributed by atoms with Crippen molar-refractivity contribution in [3.63, 3.8) is 0 Å². The average molecular weight is 364 g/mol. The Kier molecular flexibility index (Phi) is 6.53. The lowest BCUT2D eigenvalue weighted by Crippen LogP contribution is -2.37. The first-order chi connectivity index (χ1) is 11.9. The van der Waals surface area contributed by atoms with E-state index in [-0.39, 0.29) is 11.9 Å². The number of carbonyl (C=O) groups is 1. The van der Waals surface area contributed by atoms with E-state index in [0.29, 0.717) is 22.3 Å². The number of amides is 1. The Hall–Kier alpha value is -2.40. The summed E-state index contributed by atoms with van der Waals surface area (Å²) in [6.07, 6.45) is -0.645. The van der Waals surface area contributed by atoms with Crippen LogP contribution >= 0.6 is 11.6 Å². The van der Waals surface area contributed by atoms with Gasteiger partial charge in [0, 0.05) is 16.7 Å². The number of carbonyl (C=O) groups excluding carboxylic acids is 1. The molecule has 0 saturated carbocycles. The van der Waals surface area contributed by atoms with Crippen molar-refractivity contribution in [1.82, 2.24) is 5.32 Å². The highest BCUT2D eigenvalue weighted by molar-refractivity contribution is 6.30. The van der Waals surface area contributed by atoms with Crippen LogP contribution in [0.5, 0.6) is 17.2 Å². The van der Waals surface area contributed by atoms with E-state index < -0.39 is 6.10 Å². The summed E-state index contributed by atoms with van der Waals surface area (Å²) < 4.78 is 16.2. The third kappa shape index (κ3) is 5.03. The molecular formula is C19H22ClNO4. The first-order valence-electron chi connectivity index (χ1n) is 7.89. The Labute approximate surface area is 152 Å². The van der Waals surface area contributed by atoms with E-state index in [2.05, 4.69) is 5.32 Å². The Morgan fingerprint density at radius 3 is 2.24 bits per heavy atom. The van der Waals surface area contributed by atoms with Crippen LogP contribution in [-0.4, -0.2) is 26.2 Å². The minimum Gasteiger partial charge on any atom is -0.497 e. The van der Waals surface area contributed by atoms with E-state index in [4.69, 9.17) is 25.8 Å². The van der Waals surface area contributed by atoms with Crippen molar-refractivity contribution in [2.45, 2.75) is 26.0 Å². The second-order valence-corrected chi connectivity index (χ2v) is 5.99. The van der Waals surface area contributed by atoms with Gasteiger partial charge in [0.2, 0.25) is 0 Å². The SMILES string of the molecule is COc1ccc(C(C)NC(=O)C(C)Oc2ccc(Cl)cc2)c(OC)c1. The van der Waals surface area contributed by atoms with Crippen molar-refractivity contribution >= 4 is 17.5 Å². The van der Waals surface area contributed by atoms with Gasteiger partial charge in [-0.05, 0) is 50.2 Å². The van der Waals surface area contributed by atoms with Crippen LogP contribution < -0.4 is 19.5 Å². The molecule has 5 nitrogen and oxygen atoms in total. The van der Waals surface area contributed by atoms with Crippen LogP contribution in [0.4, 0.5) is 0 Å². The highest BCUT2D eigenvalue weighted by atomic mass is 35.5. The fourth-order valence-corrected chi connectivity index (χ4v) is 2.48. The molecule has 2 aromatic rings. The molecule has 0 aliphatic carbocycles. The summed E-state index contributed by atoms with van der Waals surface area (Å²) in [7, 11) is 3.18. The molecule has 0 saturated heterocycles. The number of methoxy groups -OCH3 is 2. The summed E-state index contributed by atoms with van der Waals surface area (Å²) in [6.45, 7) is 3.58. The maximum absolute atomic E-state index is 12.4. The standard InChI is InChI=1S/C19H22ClNO4/c1-12(17-10-9-16(23-3)11-18(17)24-4)21-19(22)13(2)25-15-7-5-14(20)6-8-15/h5-13H,1-4H3,(H,21,22). The molecule has 0 aromatic heterocycles. The van der Waals surface area contributed by atoms with Crippen LogP contribution in [0.25, 0.3) is 0 Å². The normalized spacial score (nSPS) is 12.8. The number of benzene rings is 2. The zero-order valence-electron chi connectivity index (χ0n) is 14.7. The van der Waals surface area contributed by atoms with Crippen molar-refractivity contribution in [2.75, 3.05) is 14.2 Å². The summed E-state index contributed by atoms with van der Waals surface area (Å²) in [6, 6.07) is 12.1. The Morgan fingerprint density at radius 2 is 1.64 bits per heavy atom. The molecule has 0 heterocycles. The Bertz CT molecular complexity index is 718. The summed E-state index contributed by atoms with van der Waals surface area (Å²) in [5.41, 5.74) is 0.857. The van der Waals surface area contributed by atoms with Crippen molar-refractivity contribution in [2.24, 2.45) is 0 Å². The third-order valence-electron chi connectivity index (χ3n) is 3.76. The van der Waals surface area contributed by atoms with Crippen LogP contribution in [0.3, 0.4) is 0 Å². The van der Waals surface area contributed by atoms with Crippen molar-refractivity contribution in [3.8, 4) is 17.2 Å². The molecule has 134 valence electrons. The minimum atomic E-state index is -0.645. The van der Waals surface area contributed by atoms with Gasteiger partial charge in [0.15, 0.2) is 6.10 Å². The van der Waals surface area contributed by atoms with E-state index in [9.17, 15) is 4.79 Å².